The van der Waals surface area contributed by atoms with Gasteiger partial charge in [-0.1, -0.05) is 17.7 Å². The fraction of sp³-hybridized carbons (Fsp3) is 0.348. The minimum atomic E-state index is -0.432. The second kappa shape index (κ2) is 10.1. The van der Waals surface area contributed by atoms with Crippen molar-refractivity contribution in [2.75, 3.05) is 62.6 Å². The predicted molar refractivity (Wildman–Crippen MR) is 124 cm³/mol. The first kappa shape index (κ1) is 22.8. The van der Waals surface area contributed by atoms with Gasteiger partial charge >= 0.3 is 6.03 Å². The van der Waals surface area contributed by atoms with Crippen LogP contribution in [-0.2, 0) is 9.59 Å². The van der Waals surface area contributed by atoms with Crippen molar-refractivity contribution in [2.45, 2.75) is 0 Å². The lowest BCUT2D eigenvalue weighted by Crippen LogP contribution is -2.57. The maximum absolute atomic E-state index is 13.0. The Morgan fingerprint density at radius 1 is 0.939 bits per heavy atom. The van der Waals surface area contributed by atoms with Gasteiger partial charge in [-0.05, 0) is 42.5 Å². The van der Waals surface area contributed by atoms with Gasteiger partial charge in [-0.2, -0.15) is 0 Å². The molecule has 2 aliphatic heterocycles. The zero-order valence-electron chi connectivity index (χ0n) is 18.0. The van der Waals surface area contributed by atoms with Gasteiger partial charge < -0.3 is 24.9 Å². The zero-order chi connectivity index (χ0) is 23.4. The van der Waals surface area contributed by atoms with Crippen molar-refractivity contribution in [2.24, 2.45) is 0 Å². The summed E-state index contributed by atoms with van der Waals surface area (Å²) in [5.41, 5.74) is 1.48. The van der Waals surface area contributed by atoms with E-state index in [0.29, 0.717) is 43.4 Å². The first-order valence-corrected chi connectivity index (χ1v) is 11.1. The molecule has 0 aliphatic carbocycles. The van der Waals surface area contributed by atoms with Gasteiger partial charge in [-0.15, -0.1) is 0 Å². The number of nitrogens with one attached hydrogen (secondary N) is 1. The number of piperazine rings is 2. The lowest BCUT2D eigenvalue weighted by Gasteiger charge is -2.38. The van der Waals surface area contributed by atoms with Crippen LogP contribution in [0.15, 0.2) is 48.5 Å². The van der Waals surface area contributed by atoms with Crippen molar-refractivity contribution in [1.29, 1.82) is 0 Å². The third-order valence-electron chi connectivity index (χ3n) is 5.83. The number of rotatable bonds is 4. The molecule has 4 rings (SSSR count). The average Bonchev–Trinajstić information content (AvgIpc) is 2.82. The summed E-state index contributed by atoms with van der Waals surface area (Å²) >= 11 is 6.07. The molecule has 2 heterocycles. The van der Waals surface area contributed by atoms with Crippen LogP contribution in [0, 0.1) is 5.82 Å². The molecule has 2 aromatic carbocycles. The highest BCUT2D eigenvalue weighted by Crippen LogP contribution is 2.21. The van der Waals surface area contributed by atoms with Crippen LogP contribution in [0.4, 0.5) is 20.6 Å². The van der Waals surface area contributed by atoms with Gasteiger partial charge in [0.25, 0.3) is 0 Å². The predicted octanol–water partition coefficient (Wildman–Crippen LogP) is 2.50. The van der Waals surface area contributed by atoms with E-state index < -0.39 is 11.8 Å². The van der Waals surface area contributed by atoms with Gasteiger partial charge in [0.05, 0.1) is 6.54 Å². The summed E-state index contributed by atoms with van der Waals surface area (Å²) in [6, 6.07) is 12.6. The number of nitrogens with zero attached hydrogens (tertiary/aromatic N) is 4. The highest BCUT2D eigenvalue weighted by atomic mass is 35.5. The average molecular weight is 474 g/mol. The van der Waals surface area contributed by atoms with Crippen LogP contribution in [0.2, 0.25) is 5.02 Å². The van der Waals surface area contributed by atoms with E-state index in [9.17, 15) is 18.8 Å². The van der Waals surface area contributed by atoms with Gasteiger partial charge in [-0.3, -0.25) is 9.59 Å². The smallest absolute Gasteiger partial charge is 0.322 e. The van der Waals surface area contributed by atoms with Crippen LogP contribution in [0.3, 0.4) is 0 Å². The standard InChI is InChI=1S/C23H25ClFN5O3/c24-17-2-1-3-20(14-17)27-8-10-28(11-9-27)21(31)15-29-12-13-30(16-22(29)32)23(33)26-19-6-4-18(25)5-7-19/h1-7,14H,8-13,15-16H2,(H,26,33). The number of hydrogen-bond donors (Lipinski definition) is 1. The first-order valence-electron chi connectivity index (χ1n) is 10.8. The molecule has 0 atom stereocenters. The topological polar surface area (TPSA) is 76.2 Å². The van der Waals surface area contributed by atoms with Crippen LogP contribution in [0.5, 0.6) is 0 Å². The van der Waals surface area contributed by atoms with Crippen LogP contribution >= 0.6 is 11.6 Å². The van der Waals surface area contributed by atoms with Crippen molar-refractivity contribution < 1.29 is 18.8 Å². The molecule has 0 aromatic heterocycles. The SMILES string of the molecule is O=C(CN1CCN(C(=O)Nc2ccc(F)cc2)CC1=O)N1CCN(c2cccc(Cl)c2)CC1. The van der Waals surface area contributed by atoms with Crippen molar-refractivity contribution in [3.8, 4) is 0 Å². The van der Waals surface area contributed by atoms with E-state index in [2.05, 4.69) is 10.2 Å². The normalized spacial score (nSPS) is 16.7. The Hall–Kier alpha value is -3.33. The summed E-state index contributed by atoms with van der Waals surface area (Å²) in [7, 11) is 0. The number of carbonyl (C=O) groups is 3. The van der Waals surface area contributed by atoms with E-state index in [1.807, 2.05) is 24.3 Å². The van der Waals surface area contributed by atoms with Gasteiger partial charge in [0.2, 0.25) is 11.8 Å². The Labute approximate surface area is 196 Å². The Kier molecular flexibility index (Phi) is 6.98. The van der Waals surface area contributed by atoms with Crippen LogP contribution in [-0.4, -0.2) is 84.9 Å². The maximum Gasteiger partial charge on any atom is 0.322 e. The van der Waals surface area contributed by atoms with Crippen molar-refractivity contribution in [3.05, 3.63) is 59.4 Å². The molecule has 0 saturated carbocycles. The molecule has 1 N–H and O–H groups in total. The molecule has 33 heavy (non-hydrogen) atoms. The van der Waals surface area contributed by atoms with Crippen molar-refractivity contribution in [1.82, 2.24) is 14.7 Å². The van der Waals surface area contributed by atoms with Gasteiger partial charge in [0.15, 0.2) is 0 Å². The number of urea groups is 1. The second-order valence-electron chi connectivity index (χ2n) is 8.02. The number of hydrogen-bond acceptors (Lipinski definition) is 4. The molecule has 2 fully saturated rings. The fourth-order valence-corrected chi connectivity index (χ4v) is 4.12. The molecular formula is C23H25ClFN5O3. The summed E-state index contributed by atoms with van der Waals surface area (Å²) < 4.78 is 13.0. The maximum atomic E-state index is 13.0. The molecular weight excluding hydrogens is 449 g/mol. The minimum absolute atomic E-state index is 0.00339. The number of halogens is 2. The largest absolute Gasteiger partial charge is 0.368 e. The summed E-state index contributed by atoms with van der Waals surface area (Å²) in [5, 5.41) is 3.33. The van der Waals surface area contributed by atoms with Crippen molar-refractivity contribution >= 4 is 40.8 Å². The first-order chi connectivity index (χ1) is 15.9. The zero-order valence-corrected chi connectivity index (χ0v) is 18.8. The van der Waals surface area contributed by atoms with Gasteiger partial charge in [0, 0.05) is 55.7 Å². The number of carbonyl (C=O) groups excluding carboxylic acids is 3. The number of benzene rings is 2. The second-order valence-corrected chi connectivity index (χ2v) is 8.46. The molecule has 10 heteroatoms. The Morgan fingerprint density at radius 3 is 2.30 bits per heavy atom. The lowest BCUT2D eigenvalue weighted by atomic mass is 10.2. The minimum Gasteiger partial charge on any atom is -0.368 e. The van der Waals surface area contributed by atoms with E-state index in [1.165, 1.54) is 34.1 Å². The molecule has 0 bridgehead atoms. The van der Waals surface area contributed by atoms with Gasteiger partial charge in [0.1, 0.15) is 12.4 Å². The Bertz CT molecular complexity index is 1030. The van der Waals surface area contributed by atoms with E-state index >= 15 is 0 Å². The third kappa shape index (κ3) is 5.73. The van der Waals surface area contributed by atoms with Crippen LogP contribution in [0.25, 0.3) is 0 Å². The monoisotopic (exact) mass is 473 g/mol. The quantitative estimate of drug-likeness (QED) is 0.740. The number of anilines is 2. The Morgan fingerprint density at radius 2 is 1.64 bits per heavy atom. The summed E-state index contributed by atoms with van der Waals surface area (Å²) in [4.78, 5) is 44.5. The van der Waals surface area contributed by atoms with Crippen LogP contribution < -0.4 is 10.2 Å². The molecule has 2 aromatic rings. The van der Waals surface area contributed by atoms with E-state index in [1.54, 1.807) is 4.90 Å². The molecule has 2 saturated heterocycles. The lowest BCUT2D eigenvalue weighted by molar-refractivity contribution is -0.143. The fourth-order valence-electron chi connectivity index (χ4n) is 3.93. The molecule has 8 nitrogen and oxygen atoms in total. The van der Waals surface area contributed by atoms with E-state index in [0.717, 1.165) is 5.69 Å². The summed E-state index contributed by atoms with van der Waals surface area (Å²) in [6.07, 6.45) is 0. The number of amides is 4. The molecule has 0 radical (unpaired) electrons. The van der Waals surface area contributed by atoms with Gasteiger partial charge in [-0.25, -0.2) is 9.18 Å². The highest BCUT2D eigenvalue weighted by Gasteiger charge is 2.30. The molecule has 0 unspecified atom stereocenters. The van der Waals surface area contributed by atoms with E-state index in [4.69, 9.17) is 11.6 Å². The van der Waals surface area contributed by atoms with Crippen molar-refractivity contribution in [3.63, 3.8) is 0 Å². The summed E-state index contributed by atoms with van der Waals surface area (Å²) in [6.45, 7) is 3.01. The molecule has 4 amide bonds. The Balaban J connectivity index is 1.24. The molecule has 174 valence electrons. The highest BCUT2D eigenvalue weighted by molar-refractivity contribution is 6.30. The molecule has 0 spiro atoms. The van der Waals surface area contributed by atoms with E-state index in [-0.39, 0.29) is 31.4 Å². The molecule has 2 aliphatic rings. The third-order valence-corrected chi connectivity index (χ3v) is 6.07. The summed E-state index contributed by atoms with van der Waals surface area (Å²) in [5.74, 6) is -0.771. The van der Waals surface area contributed by atoms with Crippen LogP contribution in [0.1, 0.15) is 0 Å².